The maximum atomic E-state index is 12.2. The minimum Gasteiger partial charge on any atom is -0.508 e. The number of carbonyl (C=O) groups is 2. The Morgan fingerprint density at radius 1 is 1.35 bits per heavy atom. The third kappa shape index (κ3) is 4.76. The van der Waals surface area contributed by atoms with E-state index in [0.29, 0.717) is 30.2 Å². The fourth-order valence-corrected chi connectivity index (χ4v) is 2.42. The van der Waals surface area contributed by atoms with Crippen LogP contribution in [0.4, 0.5) is 4.79 Å². The number of benzene rings is 1. The Hall–Kier alpha value is -1.95. The first-order valence-electron chi connectivity index (χ1n) is 7.39. The van der Waals surface area contributed by atoms with Crippen molar-refractivity contribution >= 4 is 23.6 Å². The topological polar surface area (TPSA) is 70.1 Å². The molecule has 0 aliphatic carbocycles. The SMILES string of the molecule is CC(C)(C)OC(=O)N1CCN(Cc2cc(O)ccc2Cl)C(=O)C1. The molecule has 1 saturated heterocycles. The number of phenols is 1. The molecule has 1 aliphatic rings. The molecule has 0 saturated carbocycles. The first-order chi connectivity index (χ1) is 10.7. The van der Waals surface area contributed by atoms with E-state index in [-0.39, 0.29) is 18.2 Å². The average Bonchev–Trinajstić information content (AvgIpc) is 2.43. The summed E-state index contributed by atoms with van der Waals surface area (Å²) < 4.78 is 5.28. The van der Waals surface area contributed by atoms with Crippen LogP contribution in [0, 0.1) is 0 Å². The standard InChI is InChI=1S/C16H21ClN2O4/c1-16(2,3)23-15(22)19-7-6-18(14(21)10-19)9-11-8-12(20)4-5-13(11)17/h4-5,8,20H,6-7,9-10H2,1-3H3. The van der Waals surface area contributed by atoms with Gasteiger partial charge in [0.05, 0.1) is 0 Å². The average molecular weight is 341 g/mol. The van der Waals surface area contributed by atoms with Crippen molar-refractivity contribution in [1.29, 1.82) is 0 Å². The Labute approximate surface area is 140 Å². The Morgan fingerprint density at radius 3 is 2.65 bits per heavy atom. The lowest BCUT2D eigenvalue weighted by Crippen LogP contribution is -2.52. The first-order valence-corrected chi connectivity index (χ1v) is 7.76. The van der Waals surface area contributed by atoms with E-state index in [1.165, 1.54) is 17.0 Å². The summed E-state index contributed by atoms with van der Waals surface area (Å²) in [6.45, 7) is 6.42. The van der Waals surface area contributed by atoms with Crippen molar-refractivity contribution in [3.05, 3.63) is 28.8 Å². The molecule has 7 heteroatoms. The summed E-state index contributed by atoms with van der Waals surface area (Å²) in [7, 11) is 0. The van der Waals surface area contributed by atoms with Gasteiger partial charge in [-0.2, -0.15) is 0 Å². The predicted molar refractivity (Wildman–Crippen MR) is 86.3 cm³/mol. The minimum atomic E-state index is -0.591. The number of hydrogen-bond acceptors (Lipinski definition) is 4. The molecule has 2 amide bonds. The van der Waals surface area contributed by atoms with E-state index in [1.807, 2.05) is 0 Å². The van der Waals surface area contributed by atoms with E-state index in [9.17, 15) is 14.7 Å². The maximum absolute atomic E-state index is 12.2. The van der Waals surface area contributed by atoms with E-state index in [1.54, 1.807) is 31.7 Å². The number of amides is 2. The zero-order valence-corrected chi connectivity index (χ0v) is 14.3. The van der Waals surface area contributed by atoms with E-state index in [0.717, 1.165) is 0 Å². The summed E-state index contributed by atoms with van der Waals surface area (Å²) in [6.07, 6.45) is -0.485. The third-order valence-corrected chi connectivity index (χ3v) is 3.73. The molecular weight excluding hydrogens is 320 g/mol. The fraction of sp³-hybridized carbons (Fsp3) is 0.500. The highest BCUT2D eigenvalue weighted by molar-refractivity contribution is 6.31. The zero-order valence-electron chi connectivity index (χ0n) is 13.5. The van der Waals surface area contributed by atoms with E-state index < -0.39 is 11.7 Å². The molecule has 0 atom stereocenters. The van der Waals surface area contributed by atoms with Gasteiger partial charge in [0.15, 0.2) is 0 Å². The van der Waals surface area contributed by atoms with Crippen molar-refractivity contribution in [3.63, 3.8) is 0 Å². The lowest BCUT2D eigenvalue weighted by molar-refractivity contribution is -0.136. The van der Waals surface area contributed by atoms with Crippen LogP contribution < -0.4 is 0 Å². The summed E-state index contributed by atoms with van der Waals surface area (Å²) in [5, 5.41) is 10.0. The second-order valence-corrected chi connectivity index (χ2v) is 6.90. The molecular formula is C16H21ClN2O4. The van der Waals surface area contributed by atoms with Gasteiger partial charge in [0.25, 0.3) is 0 Å². The lowest BCUT2D eigenvalue weighted by atomic mass is 10.2. The molecule has 6 nitrogen and oxygen atoms in total. The summed E-state index contributed by atoms with van der Waals surface area (Å²) in [5.74, 6) is -0.0780. The molecule has 1 aromatic rings. The molecule has 0 radical (unpaired) electrons. The molecule has 0 spiro atoms. The van der Waals surface area contributed by atoms with Crippen molar-refractivity contribution in [1.82, 2.24) is 9.80 Å². The van der Waals surface area contributed by atoms with Crippen molar-refractivity contribution in [3.8, 4) is 5.75 Å². The highest BCUT2D eigenvalue weighted by Gasteiger charge is 2.30. The van der Waals surface area contributed by atoms with Crippen LogP contribution in [0.2, 0.25) is 5.02 Å². The number of rotatable bonds is 2. The molecule has 126 valence electrons. The van der Waals surface area contributed by atoms with Gasteiger partial charge in [0.2, 0.25) is 5.91 Å². The Morgan fingerprint density at radius 2 is 2.04 bits per heavy atom. The molecule has 1 N–H and O–H groups in total. The van der Waals surface area contributed by atoms with Crippen molar-refractivity contribution in [2.45, 2.75) is 32.9 Å². The largest absolute Gasteiger partial charge is 0.508 e. The lowest BCUT2D eigenvalue weighted by Gasteiger charge is -2.35. The normalized spacial score (nSPS) is 15.7. The molecule has 1 heterocycles. The van der Waals surface area contributed by atoms with Gasteiger partial charge in [-0.05, 0) is 44.5 Å². The minimum absolute atomic E-state index is 0.0225. The highest BCUT2D eigenvalue weighted by atomic mass is 35.5. The fourth-order valence-electron chi connectivity index (χ4n) is 2.25. The number of piperazine rings is 1. The highest BCUT2D eigenvalue weighted by Crippen LogP contribution is 2.23. The van der Waals surface area contributed by atoms with Gasteiger partial charge < -0.3 is 14.7 Å². The second kappa shape index (κ2) is 6.66. The third-order valence-electron chi connectivity index (χ3n) is 3.36. The molecule has 2 rings (SSSR count). The van der Waals surface area contributed by atoms with Crippen LogP contribution in [0.5, 0.6) is 5.75 Å². The van der Waals surface area contributed by atoms with Gasteiger partial charge in [-0.25, -0.2) is 4.79 Å². The number of phenolic OH excluding ortho intramolecular Hbond substituents is 1. The maximum Gasteiger partial charge on any atom is 0.410 e. The van der Waals surface area contributed by atoms with Crippen LogP contribution in [-0.4, -0.2) is 52.1 Å². The number of aromatic hydroxyl groups is 1. The molecule has 0 unspecified atom stereocenters. The van der Waals surface area contributed by atoms with Crippen LogP contribution >= 0.6 is 11.6 Å². The zero-order chi connectivity index (χ0) is 17.2. The van der Waals surface area contributed by atoms with Crippen LogP contribution in [0.15, 0.2) is 18.2 Å². The number of halogens is 1. The summed E-state index contributed by atoms with van der Waals surface area (Å²) in [4.78, 5) is 27.3. The summed E-state index contributed by atoms with van der Waals surface area (Å²) >= 11 is 6.08. The van der Waals surface area contributed by atoms with Crippen molar-refractivity contribution < 1.29 is 19.4 Å². The monoisotopic (exact) mass is 340 g/mol. The Bertz CT molecular complexity index is 613. The van der Waals surface area contributed by atoms with E-state index in [4.69, 9.17) is 16.3 Å². The Kier molecular flexibility index (Phi) is 5.04. The predicted octanol–water partition coefficient (Wildman–Crippen LogP) is 2.62. The van der Waals surface area contributed by atoms with Crippen molar-refractivity contribution in [2.75, 3.05) is 19.6 Å². The second-order valence-electron chi connectivity index (χ2n) is 6.49. The van der Waals surface area contributed by atoms with E-state index >= 15 is 0 Å². The first kappa shape index (κ1) is 17.4. The van der Waals surface area contributed by atoms with Gasteiger partial charge in [0, 0.05) is 24.7 Å². The summed E-state index contributed by atoms with van der Waals surface area (Å²) in [5.41, 5.74) is 0.0811. The van der Waals surface area contributed by atoms with Crippen LogP contribution in [0.1, 0.15) is 26.3 Å². The molecule has 23 heavy (non-hydrogen) atoms. The van der Waals surface area contributed by atoms with Gasteiger partial charge in [-0.15, -0.1) is 0 Å². The quantitative estimate of drug-likeness (QED) is 0.898. The number of ether oxygens (including phenoxy) is 1. The smallest absolute Gasteiger partial charge is 0.410 e. The van der Waals surface area contributed by atoms with Crippen LogP contribution in [0.3, 0.4) is 0 Å². The van der Waals surface area contributed by atoms with Gasteiger partial charge in [-0.3, -0.25) is 9.69 Å². The number of hydrogen-bond donors (Lipinski definition) is 1. The molecule has 0 bridgehead atoms. The van der Waals surface area contributed by atoms with Gasteiger partial charge in [-0.1, -0.05) is 11.6 Å². The van der Waals surface area contributed by atoms with Gasteiger partial charge in [0.1, 0.15) is 17.9 Å². The number of carbonyl (C=O) groups excluding carboxylic acids is 2. The molecule has 0 aromatic heterocycles. The summed E-state index contributed by atoms with van der Waals surface area (Å²) in [6, 6.07) is 4.62. The molecule has 1 fully saturated rings. The Balaban J connectivity index is 1.98. The van der Waals surface area contributed by atoms with Gasteiger partial charge >= 0.3 is 6.09 Å². The molecule has 1 aliphatic heterocycles. The van der Waals surface area contributed by atoms with Crippen LogP contribution in [-0.2, 0) is 16.1 Å². The molecule has 1 aromatic carbocycles. The van der Waals surface area contributed by atoms with E-state index in [2.05, 4.69) is 0 Å². The number of nitrogens with zero attached hydrogens (tertiary/aromatic N) is 2. The van der Waals surface area contributed by atoms with Crippen LogP contribution in [0.25, 0.3) is 0 Å². The van der Waals surface area contributed by atoms with Crippen molar-refractivity contribution in [2.24, 2.45) is 0 Å².